The van der Waals surface area contributed by atoms with E-state index in [9.17, 15) is 19.2 Å². The highest BCUT2D eigenvalue weighted by Crippen LogP contribution is 2.35. The van der Waals surface area contributed by atoms with E-state index < -0.39 is 23.1 Å². The molecule has 45 heavy (non-hydrogen) atoms. The molecular weight excluding hydrogens is 623 g/mol. The van der Waals surface area contributed by atoms with Crippen molar-refractivity contribution < 1.29 is 19.1 Å². The van der Waals surface area contributed by atoms with E-state index in [0.717, 1.165) is 4.57 Å². The third kappa shape index (κ3) is 5.34. The summed E-state index contributed by atoms with van der Waals surface area (Å²) in [5, 5.41) is 1.99. The molecular formula is C31H24Cl2N6O6. The lowest BCUT2D eigenvalue weighted by Gasteiger charge is -2.14. The Labute approximate surface area is 265 Å². The highest BCUT2D eigenvalue weighted by atomic mass is 35.5. The number of ether oxygens (including phenoxy) is 2. The van der Waals surface area contributed by atoms with Gasteiger partial charge in [0, 0.05) is 24.1 Å². The maximum absolute atomic E-state index is 13.3. The molecule has 3 heterocycles. The molecule has 6 rings (SSSR count). The minimum atomic E-state index is -0.571. The lowest BCUT2D eigenvalue weighted by Crippen LogP contribution is -2.37. The molecule has 1 fully saturated rings. The molecule has 3 aromatic carbocycles. The molecule has 1 N–H and O–H groups in total. The fraction of sp³-hybridized carbons (Fsp3) is 0.129. The molecule has 5 aromatic rings. The molecule has 2 aromatic heterocycles. The maximum atomic E-state index is 13.3. The average Bonchev–Trinajstić information content (AvgIpc) is 3.53. The molecule has 1 aliphatic rings. The largest absolute Gasteiger partial charge is 0.493 e. The second kappa shape index (κ2) is 11.6. The molecule has 228 valence electrons. The summed E-state index contributed by atoms with van der Waals surface area (Å²) in [6.07, 6.45) is 1.45. The highest BCUT2D eigenvalue weighted by Gasteiger charge is 2.34. The topological polar surface area (TPSA) is 130 Å². The predicted octanol–water partition coefficient (Wildman–Crippen LogP) is 4.05. The van der Waals surface area contributed by atoms with E-state index in [1.54, 1.807) is 66.7 Å². The van der Waals surface area contributed by atoms with E-state index in [1.807, 2.05) is 0 Å². The second-order valence-corrected chi connectivity index (χ2v) is 10.9. The van der Waals surface area contributed by atoms with E-state index in [1.165, 1.54) is 41.4 Å². The number of hydrazine groups is 1. The van der Waals surface area contributed by atoms with Crippen molar-refractivity contribution in [1.82, 2.24) is 24.1 Å². The van der Waals surface area contributed by atoms with Crippen LogP contribution in [-0.4, -0.2) is 37.6 Å². The van der Waals surface area contributed by atoms with E-state index in [2.05, 4.69) is 10.4 Å². The summed E-state index contributed by atoms with van der Waals surface area (Å²) >= 11 is 12.5. The second-order valence-electron chi connectivity index (χ2n) is 10.1. The van der Waals surface area contributed by atoms with Crippen LogP contribution in [0, 0.1) is 0 Å². The predicted molar refractivity (Wildman–Crippen MR) is 169 cm³/mol. The molecule has 0 atom stereocenters. The van der Waals surface area contributed by atoms with Gasteiger partial charge in [0.15, 0.2) is 22.7 Å². The Balaban J connectivity index is 1.40. The summed E-state index contributed by atoms with van der Waals surface area (Å²) in [6.45, 7) is 0.0664. The molecule has 0 radical (unpaired) electrons. The summed E-state index contributed by atoms with van der Waals surface area (Å²) in [4.78, 5) is 56.2. The average molecular weight is 647 g/mol. The first-order valence-corrected chi connectivity index (χ1v) is 14.2. The normalized spacial score (nSPS) is 14.0. The van der Waals surface area contributed by atoms with Gasteiger partial charge in [-0.25, -0.2) is 9.80 Å². The van der Waals surface area contributed by atoms with E-state index >= 15 is 0 Å². The van der Waals surface area contributed by atoms with Crippen LogP contribution in [0.3, 0.4) is 0 Å². The number of nitrogens with one attached hydrogen (secondary N) is 1. The molecule has 0 saturated carbocycles. The summed E-state index contributed by atoms with van der Waals surface area (Å²) in [5.41, 5.74) is 3.25. The van der Waals surface area contributed by atoms with Gasteiger partial charge in [-0.3, -0.25) is 33.5 Å². The van der Waals surface area contributed by atoms with Crippen molar-refractivity contribution in [3.63, 3.8) is 0 Å². The molecule has 0 bridgehead atoms. The van der Waals surface area contributed by atoms with Crippen LogP contribution in [0.4, 0.5) is 5.69 Å². The first kappa shape index (κ1) is 29.7. The van der Waals surface area contributed by atoms with Gasteiger partial charge in [-0.2, -0.15) is 4.98 Å². The number of nitrogens with zero attached hydrogens (tertiary/aromatic N) is 5. The van der Waals surface area contributed by atoms with Crippen molar-refractivity contribution in [2.24, 2.45) is 14.1 Å². The van der Waals surface area contributed by atoms with Crippen LogP contribution >= 0.6 is 23.2 Å². The Bertz CT molecular complexity index is 2170. The number of carbonyl (C=O) groups is 2. The minimum Gasteiger partial charge on any atom is -0.493 e. The number of fused-ring (bicyclic) bond motifs is 1. The third-order valence-electron chi connectivity index (χ3n) is 7.26. The first-order valence-electron chi connectivity index (χ1n) is 13.5. The summed E-state index contributed by atoms with van der Waals surface area (Å²) in [5.74, 6) is -0.592. The lowest BCUT2D eigenvalue weighted by molar-refractivity contribution is -0.117. The Morgan fingerprint density at radius 1 is 0.911 bits per heavy atom. The maximum Gasteiger partial charge on any atom is 0.332 e. The van der Waals surface area contributed by atoms with Crippen molar-refractivity contribution in [2.45, 2.75) is 6.54 Å². The Kier molecular flexibility index (Phi) is 7.69. The van der Waals surface area contributed by atoms with Crippen molar-refractivity contribution >= 4 is 57.9 Å². The van der Waals surface area contributed by atoms with Gasteiger partial charge < -0.3 is 9.47 Å². The summed E-state index contributed by atoms with van der Waals surface area (Å²) in [6, 6.07) is 18.5. The first-order chi connectivity index (χ1) is 21.6. The van der Waals surface area contributed by atoms with Crippen LogP contribution < -0.4 is 31.2 Å². The van der Waals surface area contributed by atoms with Gasteiger partial charge >= 0.3 is 11.7 Å². The van der Waals surface area contributed by atoms with Gasteiger partial charge in [-0.15, -0.1) is 0 Å². The van der Waals surface area contributed by atoms with E-state index in [4.69, 9.17) is 32.7 Å². The smallest absolute Gasteiger partial charge is 0.332 e. The summed E-state index contributed by atoms with van der Waals surface area (Å²) < 4.78 is 15.5. The number of anilines is 1. The number of hydrogen-bond acceptors (Lipinski definition) is 7. The minimum absolute atomic E-state index is 0.0115. The number of imidazole rings is 1. The number of rotatable bonds is 7. The highest BCUT2D eigenvalue weighted by molar-refractivity contribution is 6.35. The summed E-state index contributed by atoms with van der Waals surface area (Å²) in [7, 11) is 4.31. The Morgan fingerprint density at radius 3 is 2.38 bits per heavy atom. The molecule has 0 spiro atoms. The van der Waals surface area contributed by atoms with Gasteiger partial charge in [0.05, 0.1) is 19.3 Å². The number of carbonyl (C=O) groups excluding carboxylic acids is 2. The molecule has 2 amide bonds. The number of benzene rings is 3. The van der Waals surface area contributed by atoms with E-state index in [-0.39, 0.29) is 40.8 Å². The lowest BCUT2D eigenvalue weighted by atomic mass is 10.1. The number of para-hydroxylation sites is 1. The van der Waals surface area contributed by atoms with E-state index in [0.29, 0.717) is 26.9 Å². The SMILES string of the molecule is COc1cc(/C=C2\C(=O)NN(c3ccccc3)C2=O)ccc1Oc1nc2c(c(=O)n(C)c(=O)n2C)n1Cc1ccc(Cl)cc1Cl. The number of aryl methyl sites for hydroxylation is 1. The van der Waals surface area contributed by atoms with Gasteiger partial charge in [0.25, 0.3) is 17.4 Å². The zero-order valence-corrected chi connectivity index (χ0v) is 25.6. The third-order valence-corrected chi connectivity index (χ3v) is 7.85. The number of hydrogen-bond donors (Lipinski definition) is 1. The van der Waals surface area contributed by atoms with Crippen LogP contribution in [0.1, 0.15) is 11.1 Å². The molecule has 12 nitrogen and oxygen atoms in total. The zero-order chi connectivity index (χ0) is 32.0. The fourth-order valence-corrected chi connectivity index (χ4v) is 5.38. The number of methoxy groups -OCH3 is 1. The van der Waals surface area contributed by atoms with Gasteiger partial charge in [0.1, 0.15) is 5.57 Å². The molecule has 0 unspecified atom stereocenters. The van der Waals surface area contributed by atoms with Gasteiger partial charge in [0.2, 0.25) is 0 Å². The van der Waals surface area contributed by atoms with Gasteiger partial charge in [-0.1, -0.05) is 53.5 Å². The van der Waals surface area contributed by atoms with Crippen LogP contribution in [0.15, 0.2) is 81.9 Å². The Hall–Kier alpha value is -5.33. The van der Waals surface area contributed by atoms with Crippen molar-refractivity contribution in [1.29, 1.82) is 0 Å². The number of aromatic nitrogens is 4. The van der Waals surface area contributed by atoms with Crippen LogP contribution in [0.2, 0.25) is 10.0 Å². The van der Waals surface area contributed by atoms with Crippen LogP contribution in [-0.2, 0) is 30.2 Å². The molecule has 14 heteroatoms. The van der Waals surface area contributed by atoms with Crippen LogP contribution in [0.5, 0.6) is 17.5 Å². The fourth-order valence-electron chi connectivity index (χ4n) is 4.91. The Morgan fingerprint density at radius 2 is 1.67 bits per heavy atom. The standard InChI is InChI=1S/C31H24Cl2N6O6/c1-36-26-25(29(42)37(2)31(36)43)38(16-18-10-11-19(32)15-22(18)33)30(34-26)45-23-12-9-17(14-24(23)44-3)13-21-27(40)35-39(28(21)41)20-7-5-4-6-8-20/h4-15H,16H2,1-3H3,(H,35,40)/b21-13+. The number of halogens is 2. The van der Waals surface area contributed by atoms with Crippen molar-refractivity contribution in [3.8, 4) is 17.5 Å². The molecule has 1 aliphatic heterocycles. The van der Waals surface area contributed by atoms with Crippen LogP contribution in [0.25, 0.3) is 17.2 Å². The monoisotopic (exact) mass is 646 g/mol. The van der Waals surface area contributed by atoms with Crippen molar-refractivity contribution in [3.05, 3.63) is 114 Å². The quantitative estimate of drug-likeness (QED) is 0.209. The zero-order valence-electron chi connectivity index (χ0n) is 24.1. The van der Waals surface area contributed by atoms with Gasteiger partial charge in [-0.05, 0) is 53.6 Å². The molecule has 1 saturated heterocycles. The molecule has 0 aliphatic carbocycles. The number of amides is 2. The van der Waals surface area contributed by atoms with Crippen molar-refractivity contribution in [2.75, 3.05) is 12.1 Å².